The highest BCUT2D eigenvalue weighted by atomic mass is 79.9. The first-order valence-corrected chi connectivity index (χ1v) is 56.9. The molecule has 5 aromatic rings. The first-order chi connectivity index (χ1) is 62.8. The quantitative estimate of drug-likeness (QED) is 0.0559. The lowest BCUT2D eigenvalue weighted by molar-refractivity contribution is -0.0931. The van der Waals surface area contributed by atoms with Crippen LogP contribution in [0.4, 0.5) is 9.59 Å². The predicted octanol–water partition coefficient (Wildman–Crippen LogP) is 15.4. The monoisotopic (exact) mass is 2090 g/mol. The largest absolute Gasteiger partial charge is 0.444 e. The number of ether oxygens (including phenoxy) is 7. The lowest BCUT2D eigenvalue weighted by Crippen LogP contribution is -2.56. The molecule has 2 N–H and O–H groups in total. The third-order valence-corrected chi connectivity index (χ3v) is 36.5. The van der Waals surface area contributed by atoms with Crippen molar-refractivity contribution in [1.82, 2.24) is 47.5 Å². The van der Waals surface area contributed by atoms with Crippen LogP contribution in [0.15, 0.2) is 171 Å². The maximum Gasteiger partial charge on any atom is 0.410 e. The Kier molecular flexibility index (Phi) is 39.7. The van der Waals surface area contributed by atoms with Crippen molar-refractivity contribution in [3.8, 4) is 0 Å². The predicted molar refractivity (Wildman–Crippen MR) is 526 cm³/mol. The molecule has 0 atom stereocenters. The van der Waals surface area contributed by atoms with Gasteiger partial charge in [-0.05, 0) is 187 Å². The van der Waals surface area contributed by atoms with Crippen molar-refractivity contribution < 1.29 is 84.8 Å². The van der Waals surface area contributed by atoms with E-state index in [0.717, 1.165) is 130 Å². The van der Waals surface area contributed by atoms with Crippen LogP contribution in [-0.2, 0) is 82.3 Å². The third-order valence-electron chi connectivity index (χ3n) is 25.9. The summed E-state index contributed by atoms with van der Waals surface area (Å²) in [6.07, 6.45) is 18.4. The molecule has 5 aromatic carbocycles. The van der Waals surface area contributed by atoms with E-state index in [4.69, 9.17) is 43.8 Å². The van der Waals surface area contributed by atoms with Gasteiger partial charge in [-0.1, -0.05) is 145 Å². The highest BCUT2D eigenvalue weighted by Gasteiger charge is 2.55. The molecular weight excluding hydrogens is 1950 g/mol. The van der Waals surface area contributed by atoms with Crippen LogP contribution < -0.4 is 10.6 Å². The second-order valence-corrected chi connectivity index (χ2v) is 49.3. The molecule has 12 aliphatic rings. The number of nitrogens with zero attached hydrogens (tertiary/aromatic N) is 8. The molecule has 10 heterocycles. The number of aryl methyl sites for hydroxylation is 5. The van der Waals surface area contributed by atoms with Crippen LogP contribution in [0, 0.1) is 46.5 Å². The molecule has 742 valence electrons. The average Bonchev–Trinajstić information content (AvgIpc) is 1.65. The van der Waals surface area contributed by atoms with Gasteiger partial charge in [-0.2, -0.15) is 17.2 Å². The molecule has 29 nitrogen and oxygen atoms in total. The number of allylic oxidation sites excluding steroid dienone is 1. The van der Waals surface area contributed by atoms with E-state index < -0.39 is 83.2 Å². The summed E-state index contributed by atoms with van der Waals surface area (Å²) in [5.74, 6) is 1.89. The number of halogens is 3. The molecule has 2 aliphatic carbocycles. The van der Waals surface area contributed by atoms with Gasteiger partial charge in [0, 0.05) is 184 Å². The Labute approximate surface area is 814 Å². The number of amides is 2. The van der Waals surface area contributed by atoms with E-state index in [-0.39, 0.29) is 27.7 Å². The molecule has 2 saturated carbocycles. The number of sulfonamides is 4. The van der Waals surface area contributed by atoms with Crippen molar-refractivity contribution in [2.24, 2.45) is 11.8 Å². The van der Waals surface area contributed by atoms with Gasteiger partial charge in [-0.15, -0.1) is 13.2 Å². The van der Waals surface area contributed by atoms with Gasteiger partial charge in [0.2, 0.25) is 40.1 Å². The molecule has 2 amide bonds. The zero-order valence-electron chi connectivity index (χ0n) is 79.6. The zero-order chi connectivity index (χ0) is 96.9. The first-order valence-electron chi connectivity index (χ1n) is 46.6. The molecule has 0 bridgehead atoms. The zero-order valence-corrected chi connectivity index (χ0v) is 87.6. The summed E-state index contributed by atoms with van der Waals surface area (Å²) in [7, 11) is -12.6. The van der Waals surface area contributed by atoms with Crippen LogP contribution in [0.3, 0.4) is 0 Å². The molecule has 0 radical (unpaired) electrons. The molecule has 10 aliphatic heterocycles. The Hall–Kier alpha value is -5.40. The molecular formula is C96H143Br2ClN10O19S5. The number of carbonyl (C=O) groups is 2. The SMILES string of the molecule is BrCC1CCC1.C=CCBr.C=CCN1CCC2(CC1)OCCN2S(=O)(=O)c1ccc(C)cc1.CC(C)(C)OC(=O)N1CCC2(CC1)NCCO2.Cc1ccc(S(=O)(=O)Cl)cc1.Cc1ccc(S(=O)(=O)N2CCOC23CCN(C(=O)OC(C)(C)C)CC3)cc1.Cc1ccc(S(=O)(=O)N2CCOC23CCN(CC2CCC2)CC3)cc1.Cc1ccc(S(=O)(=O)N2CCOC23CCNCC3)cc1. The van der Waals surface area contributed by atoms with Crippen molar-refractivity contribution in [2.45, 2.75) is 243 Å². The summed E-state index contributed by atoms with van der Waals surface area (Å²) in [5.41, 5.74) is 1.17. The molecule has 12 fully saturated rings. The topological polar surface area (TPSA) is 319 Å². The van der Waals surface area contributed by atoms with E-state index in [9.17, 15) is 51.7 Å². The summed E-state index contributed by atoms with van der Waals surface area (Å²) in [6.45, 7) is 42.4. The number of carbonyl (C=O) groups excluding carboxylic acids is 2. The van der Waals surface area contributed by atoms with Gasteiger partial charge >= 0.3 is 12.2 Å². The smallest absolute Gasteiger partial charge is 0.410 e. The number of hydrogen-bond acceptors (Lipinski definition) is 23. The highest BCUT2D eigenvalue weighted by Crippen LogP contribution is 2.44. The maximum absolute atomic E-state index is 13.2. The fourth-order valence-electron chi connectivity index (χ4n) is 17.9. The first kappa shape index (κ1) is 110. The van der Waals surface area contributed by atoms with Gasteiger partial charge in [0.15, 0.2) is 0 Å². The Morgan fingerprint density at radius 2 is 0.699 bits per heavy atom. The van der Waals surface area contributed by atoms with Gasteiger partial charge in [0.05, 0.1) is 57.5 Å². The fraction of sp³-hybridized carbons (Fsp3) is 0.625. The summed E-state index contributed by atoms with van der Waals surface area (Å²) in [5, 5.41) is 8.76. The Morgan fingerprint density at radius 1 is 0.406 bits per heavy atom. The van der Waals surface area contributed by atoms with Gasteiger partial charge in [0.1, 0.15) is 39.8 Å². The third kappa shape index (κ3) is 29.6. The number of nitrogens with one attached hydrogen (secondary N) is 2. The van der Waals surface area contributed by atoms with Crippen LogP contribution in [0.2, 0.25) is 0 Å². The molecule has 0 unspecified atom stereocenters. The van der Waals surface area contributed by atoms with Crippen LogP contribution in [0.5, 0.6) is 0 Å². The Morgan fingerprint density at radius 3 is 0.955 bits per heavy atom. The van der Waals surface area contributed by atoms with Crippen LogP contribution in [-0.4, -0.2) is 286 Å². The van der Waals surface area contributed by atoms with E-state index in [1.54, 1.807) is 102 Å². The van der Waals surface area contributed by atoms with E-state index >= 15 is 0 Å². The standard InChI is InChI=1S/C19H28N2O5S.C19H28N2O3S.C17H24N2O3S.C14H20N2O3S.C12H22N2O3.C7H7ClO2S.C5H9Br.C3H5Br/c1-15-5-7-16(8-6-15)27(23,24)21-13-14-25-19(21)9-11-20(12-10-19)17(22)26-18(2,3)4;1-16-5-7-18(8-6-16)25(22,23)21-13-14-24-19(21)9-11-20(12-10-19)15-17-3-2-4-17;1-3-10-18-11-8-17(9-12-18)19(13-14-22-17)23(20,21)16-6-4-15(2)5-7-16;1-12-2-4-13(5-3-12)20(17,18)16-10-11-19-14(16)6-8-15-9-7-14;1-11(2,3)17-10(15)14-7-4-12(5-8-14)13-6-9-16-12;1-6-2-4-7(5-3-6)11(8,9)10;6-4-5-2-1-3-5;1-2-3-4/h5-8H,9-14H2,1-4H3;5-8,17H,2-4,9-15H2,1H3;3-7H,1,8-14H2,2H3;2-5,15H,6-11H2,1H3;13H,4-9H2,1-3H3;2-5H,1H3;5H,1-4H2;2H,1,3H2. The van der Waals surface area contributed by atoms with Gasteiger partial charge in [-0.3, -0.25) is 10.2 Å². The summed E-state index contributed by atoms with van der Waals surface area (Å²) < 4.78 is 172. The fourth-order valence-corrected chi connectivity index (χ4v) is 26.2. The summed E-state index contributed by atoms with van der Waals surface area (Å²) in [4.78, 5) is 33.8. The van der Waals surface area contributed by atoms with Crippen molar-refractivity contribution in [3.63, 3.8) is 0 Å². The number of alkyl halides is 2. The average molecular weight is 2100 g/mol. The minimum atomic E-state index is -3.66. The lowest BCUT2D eigenvalue weighted by atomic mass is 9.84. The minimum absolute atomic E-state index is 0.143. The van der Waals surface area contributed by atoms with Crippen molar-refractivity contribution in [1.29, 1.82) is 0 Å². The number of likely N-dealkylation sites (tertiary alicyclic amines) is 4. The van der Waals surface area contributed by atoms with Gasteiger partial charge < -0.3 is 53.2 Å². The summed E-state index contributed by atoms with van der Waals surface area (Å²) >= 11 is 6.56. The van der Waals surface area contributed by atoms with Crippen molar-refractivity contribution in [3.05, 3.63) is 174 Å². The van der Waals surface area contributed by atoms with E-state index in [2.05, 4.69) is 65.5 Å². The molecule has 17 rings (SSSR count). The maximum atomic E-state index is 13.2. The highest BCUT2D eigenvalue weighted by molar-refractivity contribution is 9.09. The number of benzene rings is 5. The Balaban J connectivity index is 0.000000164. The molecule has 37 heteroatoms. The van der Waals surface area contributed by atoms with Crippen molar-refractivity contribution in [2.75, 3.05) is 155 Å². The normalized spacial score (nSPS) is 21.6. The lowest BCUT2D eigenvalue weighted by Gasteiger charge is -2.44. The minimum Gasteiger partial charge on any atom is -0.444 e. The Bertz CT molecular complexity index is 5160. The van der Waals surface area contributed by atoms with E-state index in [0.29, 0.717) is 132 Å². The second kappa shape index (κ2) is 48.2. The van der Waals surface area contributed by atoms with Crippen LogP contribution >= 0.6 is 42.5 Å². The number of rotatable bonds is 15. The number of piperidine rings is 5. The van der Waals surface area contributed by atoms with Crippen LogP contribution in [0.25, 0.3) is 0 Å². The van der Waals surface area contributed by atoms with Gasteiger partial charge in [0.25, 0.3) is 9.05 Å². The second-order valence-electron chi connectivity index (χ2n) is 38.0. The van der Waals surface area contributed by atoms with E-state index in [1.807, 2.05) is 119 Å². The molecule has 10 saturated heterocycles. The number of hydrogen-bond donors (Lipinski definition) is 2. The van der Waals surface area contributed by atoms with Crippen LogP contribution in [0.1, 0.15) is 172 Å². The molecule has 5 spiro atoms. The molecule has 0 aromatic heterocycles. The summed E-state index contributed by atoms with van der Waals surface area (Å²) in [6, 6.07) is 34.4. The molecule has 133 heavy (non-hydrogen) atoms. The van der Waals surface area contributed by atoms with E-state index in [1.165, 1.54) is 66.8 Å². The van der Waals surface area contributed by atoms with Crippen molar-refractivity contribution >= 4 is 104 Å². The van der Waals surface area contributed by atoms with Gasteiger partial charge in [-0.25, -0.2) is 51.7 Å².